The van der Waals surface area contributed by atoms with Gasteiger partial charge in [-0.25, -0.2) is 0 Å². The number of carbonyl (C=O) groups excluding carboxylic acids is 1. The van der Waals surface area contributed by atoms with Crippen LogP contribution in [0.15, 0.2) is 24.3 Å². The summed E-state index contributed by atoms with van der Waals surface area (Å²) in [4.78, 5) is 10.9. The number of ether oxygens (including phenoxy) is 3. The Kier molecular flexibility index (Phi) is 6.09. The van der Waals surface area contributed by atoms with E-state index in [1.165, 1.54) is 16.7 Å². The van der Waals surface area contributed by atoms with Crippen LogP contribution < -0.4 is 9.47 Å². The van der Waals surface area contributed by atoms with Gasteiger partial charge in [0, 0.05) is 23.8 Å². The van der Waals surface area contributed by atoms with Gasteiger partial charge in [0.25, 0.3) is 0 Å². The molecule has 1 heterocycles. The van der Waals surface area contributed by atoms with E-state index in [0.717, 1.165) is 54.6 Å². The third kappa shape index (κ3) is 4.22. The summed E-state index contributed by atoms with van der Waals surface area (Å²) in [6.07, 6.45) is 4.56. The molecule has 4 heteroatoms. The van der Waals surface area contributed by atoms with Crippen molar-refractivity contribution in [3.05, 3.63) is 57.6 Å². The fourth-order valence-corrected chi connectivity index (χ4v) is 3.91. The zero-order chi connectivity index (χ0) is 20.3. The Hall–Kier alpha value is -2.33. The van der Waals surface area contributed by atoms with Crippen molar-refractivity contribution in [3.63, 3.8) is 0 Å². The van der Waals surface area contributed by atoms with Crippen molar-refractivity contribution in [3.8, 4) is 11.5 Å². The van der Waals surface area contributed by atoms with Crippen molar-refractivity contribution >= 4 is 6.29 Å². The molecule has 0 saturated carbocycles. The van der Waals surface area contributed by atoms with Crippen molar-refractivity contribution < 1.29 is 19.0 Å². The lowest BCUT2D eigenvalue weighted by Gasteiger charge is -2.36. The molecule has 0 unspecified atom stereocenters. The van der Waals surface area contributed by atoms with Crippen LogP contribution in [0.1, 0.15) is 58.4 Å². The van der Waals surface area contributed by atoms with Crippen LogP contribution in [0.3, 0.4) is 0 Å². The Balaban J connectivity index is 1.96. The second-order valence-corrected chi connectivity index (χ2v) is 8.14. The van der Waals surface area contributed by atoms with Gasteiger partial charge in [-0.15, -0.1) is 0 Å². The van der Waals surface area contributed by atoms with Crippen molar-refractivity contribution in [2.45, 2.75) is 59.0 Å². The van der Waals surface area contributed by atoms with E-state index in [2.05, 4.69) is 27.7 Å². The first-order chi connectivity index (χ1) is 13.4. The molecule has 28 heavy (non-hydrogen) atoms. The highest BCUT2D eigenvalue weighted by Crippen LogP contribution is 2.44. The monoisotopic (exact) mass is 382 g/mol. The summed E-state index contributed by atoms with van der Waals surface area (Å²) in [5.74, 6) is 1.94. The van der Waals surface area contributed by atoms with Crippen LogP contribution in [-0.4, -0.2) is 25.8 Å². The Morgan fingerprint density at radius 3 is 2.46 bits per heavy atom. The predicted molar refractivity (Wildman–Crippen MR) is 111 cm³/mol. The van der Waals surface area contributed by atoms with E-state index in [0.29, 0.717) is 5.56 Å². The predicted octanol–water partition coefficient (Wildman–Crippen LogP) is 4.99. The molecule has 0 saturated heterocycles. The highest BCUT2D eigenvalue weighted by Gasteiger charge is 2.31. The van der Waals surface area contributed by atoms with Crippen LogP contribution >= 0.6 is 0 Å². The second-order valence-electron chi connectivity index (χ2n) is 8.14. The largest absolute Gasteiger partial charge is 0.487 e. The van der Waals surface area contributed by atoms with E-state index in [4.69, 9.17) is 14.2 Å². The second kappa shape index (κ2) is 8.36. The molecule has 0 amide bonds. The molecule has 0 bridgehead atoms. The molecule has 150 valence electrons. The first-order valence-corrected chi connectivity index (χ1v) is 9.86. The lowest BCUT2D eigenvalue weighted by atomic mass is 9.86. The Morgan fingerprint density at radius 1 is 1.11 bits per heavy atom. The summed E-state index contributed by atoms with van der Waals surface area (Å²) in [5.41, 5.74) is 6.47. The Bertz CT molecular complexity index is 850. The van der Waals surface area contributed by atoms with Gasteiger partial charge in [-0.3, -0.25) is 4.79 Å². The first-order valence-electron chi connectivity index (χ1n) is 9.86. The minimum atomic E-state index is -0.152. The Labute approximate surface area is 167 Å². The summed E-state index contributed by atoms with van der Waals surface area (Å²) in [5, 5.41) is 0. The number of aldehydes is 1. The zero-order valence-electron chi connectivity index (χ0n) is 17.6. The average Bonchev–Trinajstić information content (AvgIpc) is 2.68. The number of rotatable bonds is 7. The fraction of sp³-hybridized carbons (Fsp3) is 0.458. The average molecular weight is 383 g/mol. The zero-order valence-corrected chi connectivity index (χ0v) is 17.6. The summed E-state index contributed by atoms with van der Waals surface area (Å²) < 4.78 is 17.6. The molecule has 2 aromatic rings. The number of benzene rings is 2. The maximum Gasteiger partial charge on any atom is 0.188 e. The van der Waals surface area contributed by atoms with E-state index < -0.39 is 0 Å². The normalized spacial score (nSPS) is 14.9. The quantitative estimate of drug-likeness (QED) is 0.500. The maximum absolute atomic E-state index is 10.9. The molecule has 0 atom stereocenters. The first kappa shape index (κ1) is 20.4. The molecule has 0 aromatic heterocycles. The molecular formula is C24H30O4. The van der Waals surface area contributed by atoms with Crippen LogP contribution in [0.2, 0.25) is 0 Å². The molecule has 1 aliphatic heterocycles. The van der Waals surface area contributed by atoms with Crippen LogP contribution in [0.25, 0.3) is 0 Å². The molecule has 3 rings (SSSR count). The van der Waals surface area contributed by atoms with E-state index in [9.17, 15) is 4.79 Å². The van der Waals surface area contributed by atoms with E-state index >= 15 is 0 Å². The summed E-state index contributed by atoms with van der Waals surface area (Å²) in [6.45, 7) is 8.77. The van der Waals surface area contributed by atoms with Gasteiger partial charge in [0.05, 0.1) is 0 Å². The van der Waals surface area contributed by atoms with E-state index in [1.807, 2.05) is 24.3 Å². The van der Waals surface area contributed by atoms with Crippen molar-refractivity contribution in [2.75, 3.05) is 13.9 Å². The van der Waals surface area contributed by atoms with E-state index in [1.54, 1.807) is 7.11 Å². The third-order valence-corrected chi connectivity index (χ3v) is 5.59. The lowest BCUT2D eigenvalue weighted by Crippen LogP contribution is -2.33. The van der Waals surface area contributed by atoms with Gasteiger partial charge in [0.15, 0.2) is 6.79 Å². The van der Waals surface area contributed by atoms with Gasteiger partial charge in [-0.2, -0.15) is 0 Å². The topological polar surface area (TPSA) is 44.8 Å². The summed E-state index contributed by atoms with van der Waals surface area (Å²) in [6, 6.07) is 7.75. The van der Waals surface area contributed by atoms with Crippen LogP contribution in [0.5, 0.6) is 11.5 Å². The molecule has 0 fully saturated rings. The van der Waals surface area contributed by atoms with Crippen LogP contribution in [0.4, 0.5) is 0 Å². The molecule has 0 radical (unpaired) electrons. The lowest BCUT2D eigenvalue weighted by molar-refractivity contribution is 0.0488. The number of fused-ring (bicyclic) bond motifs is 1. The van der Waals surface area contributed by atoms with Gasteiger partial charge in [0.2, 0.25) is 0 Å². The summed E-state index contributed by atoms with van der Waals surface area (Å²) >= 11 is 0. The van der Waals surface area contributed by atoms with Crippen molar-refractivity contribution in [2.24, 2.45) is 0 Å². The number of hydrogen-bond acceptors (Lipinski definition) is 4. The van der Waals surface area contributed by atoms with Crippen LogP contribution in [-0.2, 0) is 24.0 Å². The van der Waals surface area contributed by atoms with Crippen molar-refractivity contribution in [1.82, 2.24) is 0 Å². The van der Waals surface area contributed by atoms with Gasteiger partial charge < -0.3 is 14.2 Å². The molecule has 0 spiro atoms. The maximum atomic E-state index is 10.9. The minimum Gasteiger partial charge on any atom is -0.487 e. The molecule has 0 aliphatic carbocycles. The molecule has 2 aromatic carbocycles. The number of carbonyl (C=O) groups is 1. The van der Waals surface area contributed by atoms with Crippen LogP contribution in [0, 0.1) is 13.8 Å². The van der Waals surface area contributed by atoms with Gasteiger partial charge in [0.1, 0.15) is 23.4 Å². The highest BCUT2D eigenvalue weighted by atomic mass is 16.7. The van der Waals surface area contributed by atoms with Gasteiger partial charge in [-0.05, 0) is 70.1 Å². The van der Waals surface area contributed by atoms with Crippen molar-refractivity contribution in [1.29, 1.82) is 0 Å². The number of methoxy groups -OCH3 is 1. The SMILES string of the molecule is COCOc1c(C)c2c(c(C)c1CCc1ccc(C=O)cc1)OC(C)(C)CC2. The third-order valence-electron chi connectivity index (χ3n) is 5.59. The molecule has 4 nitrogen and oxygen atoms in total. The van der Waals surface area contributed by atoms with Gasteiger partial charge in [-0.1, -0.05) is 24.3 Å². The number of aryl methyl sites for hydroxylation is 1. The van der Waals surface area contributed by atoms with E-state index in [-0.39, 0.29) is 12.4 Å². The smallest absolute Gasteiger partial charge is 0.188 e. The molecular weight excluding hydrogens is 352 g/mol. The minimum absolute atomic E-state index is 0.152. The Morgan fingerprint density at radius 2 is 1.82 bits per heavy atom. The summed E-state index contributed by atoms with van der Waals surface area (Å²) in [7, 11) is 1.64. The fourth-order valence-electron chi connectivity index (χ4n) is 3.91. The highest BCUT2D eigenvalue weighted by molar-refractivity contribution is 5.74. The standard InChI is InChI=1S/C24H30O4/c1-16-21-12-13-24(3,4)28-23(21)17(2)20(22(16)27-15-26-5)11-10-18-6-8-19(14-25)9-7-18/h6-9,14H,10-13,15H2,1-5H3. The molecule has 0 N–H and O–H groups in total. The number of hydrogen-bond donors (Lipinski definition) is 0. The molecule has 1 aliphatic rings. The van der Waals surface area contributed by atoms with Gasteiger partial charge >= 0.3 is 0 Å².